The first kappa shape index (κ1) is 16.9. The second-order valence-corrected chi connectivity index (χ2v) is 11.4. The third-order valence-corrected chi connectivity index (χ3v) is 9.81. The van der Waals surface area contributed by atoms with E-state index in [9.17, 15) is 5.11 Å². The van der Waals surface area contributed by atoms with Crippen LogP contribution < -0.4 is 0 Å². The molecule has 112 valence electrons. The molecule has 0 radical (unpaired) electrons. The maximum absolute atomic E-state index is 9.56. The molecule has 0 unspecified atom stereocenters. The van der Waals surface area contributed by atoms with E-state index in [0.717, 1.165) is 12.8 Å². The van der Waals surface area contributed by atoms with Gasteiger partial charge in [0.05, 0.1) is 6.61 Å². The summed E-state index contributed by atoms with van der Waals surface area (Å²) in [7, 11) is -1.51. The summed E-state index contributed by atoms with van der Waals surface area (Å²) in [4.78, 5) is 0. The first-order valence-electron chi connectivity index (χ1n) is 7.82. The Balaban J connectivity index is 2.87. The third kappa shape index (κ3) is 3.70. The molecular weight excluding hydrogens is 252 g/mol. The van der Waals surface area contributed by atoms with E-state index in [0.29, 0.717) is 6.10 Å². The average Bonchev–Trinajstić information content (AvgIpc) is 2.35. The molecule has 0 aromatic heterocycles. The van der Waals surface area contributed by atoms with Crippen molar-refractivity contribution in [2.75, 3.05) is 6.61 Å². The molecule has 3 heteroatoms. The van der Waals surface area contributed by atoms with E-state index < -0.39 is 8.32 Å². The van der Waals surface area contributed by atoms with Crippen LogP contribution in [0.5, 0.6) is 0 Å². The molecule has 0 aliphatic heterocycles. The van der Waals surface area contributed by atoms with Crippen molar-refractivity contribution >= 4 is 8.32 Å². The number of aliphatic hydroxyl groups excluding tert-OH is 1. The van der Waals surface area contributed by atoms with Crippen molar-refractivity contribution < 1.29 is 9.53 Å². The van der Waals surface area contributed by atoms with Gasteiger partial charge in [0.25, 0.3) is 0 Å². The molecule has 0 amide bonds. The Labute approximate surface area is 120 Å². The van der Waals surface area contributed by atoms with Crippen molar-refractivity contribution in [1.29, 1.82) is 0 Å². The smallest absolute Gasteiger partial charge is 0.192 e. The molecule has 0 heterocycles. The molecule has 0 aromatic rings. The van der Waals surface area contributed by atoms with Crippen molar-refractivity contribution in [2.45, 2.75) is 78.6 Å². The second-order valence-electron chi connectivity index (χ2n) is 6.69. The lowest BCUT2D eigenvalue weighted by Crippen LogP contribution is -2.43. The fourth-order valence-electron chi connectivity index (χ4n) is 3.59. The molecule has 19 heavy (non-hydrogen) atoms. The number of rotatable bonds is 6. The Hall–Kier alpha value is -0.123. The first-order valence-corrected chi connectivity index (χ1v) is 10.3. The zero-order valence-electron chi connectivity index (χ0n) is 13.7. The van der Waals surface area contributed by atoms with E-state index in [2.05, 4.69) is 41.5 Å². The van der Waals surface area contributed by atoms with Crippen LogP contribution in [0.25, 0.3) is 0 Å². The molecule has 1 atom stereocenters. The minimum absolute atomic E-state index is 0.0805. The Morgan fingerprint density at radius 1 is 1.21 bits per heavy atom. The zero-order chi connectivity index (χ0) is 14.7. The normalized spacial score (nSPS) is 23.8. The Kier molecular flexibility index (Phi) is 5.84. The monoisotopic (exact) mass is 284 g/mol. The zero-order valence-corrected chi connectivity index (χ0v) is 14.7. The van der Waals surface area contributed by atoms with Gasteiger partial charge in [0, 0.05) is 6.10 Å². The van der Waals surface area contributed by atoms with Crippen LogP contribution in [0.1, 0.15) is 54.4 Å². The highest BCUT2D eigenvalue weighted by Gasteiger charge is 2.38. The summed E-state index contributed by atoms with van der Waals surface area (Å²) in [6, 6.07) is 3.64. The largest absolute Gasteiger partial charge is 0.414 e. The molecular formula is C16H32O2Si. The summed E-state index contributed by atoms with van der Waals surface area (Å²) < 4.78 is 6.65. The molecule has 1 N–H and O–H groups in total. The lowest BCUT2D eigenvalue weighted by atomic mass is 9.72. The van der Waals surface area contributed by atoms with Crippen molar-refractivity contribution in [3.8, 4) is 0 Å². The lowest BCUT2D eigenvalue weighted by Gasteiger charge is -2.42. The van der Waals surface area contributed by atoms with Crippen LogP contribution >= 0.6 is 0 Å². The summed E-state index contributed by atoms with van der Waals surface area (Å²) in [5.41, 5.74) is 2.65. The van der Waals surface area contributed by atoms with Crippen LogP contribution in [0.4, 0.5) is 0 Å². The van der Waals surface area contributed by atoms with Crippen molar-refractivity contribution in [2.24, 2.45) is 5.41 Å². The van der Waals surface area contributed by atoms with Crippen molar-refractivity contribution in [3.63, 3.8) is 0 Å². The van der Waals surface area contributed by atoms with E-state index in [1.165, 1.54) is 29.3 Å². The van der Waals surface area contributed by atoms with Gasteiger partial charge >= 0.3 is 0 Å². The third-order valence-electron chi connectivity index (χ3n) is 5.11. The summed E-state index contributed by atoms with van der Waals surface area (Å²) in [6.07, 6.45) is 2.42. The summed E-state index contributed by atoms with van der Waals surface area (Å²) in [6.45, 7) is 13.7. The molecule has 1 aliphatic carbocycles. The van der Waals surface area contributed by atoms with E-state index in [1.54, 1.807) is 0 Å². The fraction of sp³-hybridized carbons (Fsp3) is 0.875. The van der Waals surface area contributed by atoms with E-state index in [4.69, 9.17) is 4.43 Å². The lowest BCUT2D eigenvalue weighted by molar-refractivity contribution is 0.117. The minimum atomic E-state index is -1.51. The Morgan fingerprint density at radius 2 is 1.74 bits per heavy atom. The van der Waals surface area contributed by atoms with Crippen LogP contribution in [-0.4, -0.2) is 26.1 Å². The molecule has 0 fully saturated rings. The topological polar surface area (TPSA) is 29.5 Å². The number of aliphatic hydroxyl groups is 1. The molecule has 1 rings (SSSR count). The van der Waals surface area contributed by atoms with Gasteiger partial charge in [-0.3, -0.25) is 0 Å². The standard InChI is InChI=1S/C16H32O2Si/c1-7-19(8-2,9-3)18-14-10-13(4)15(12-17)16(5,6)11-14/h14,17H,7-12H2,1-6H3/t14-/m1/s1. The summed E-state index contributed by atoms with van der Waals surface area (Å²) in [5, 5.41) is 9.56. The molecule has 0 aromatic carbocycles. The first-order chi connectivity index (χ1) is 8.84. The average molecular weight is 285 g/mol. The summed E-state index contributed by atoms with van der Waals surface area (Å²) in [5.74, 6) is 0. The minimum Gasteiger partial charge on any atom is -0.414 e. The van der Waals surface area contributed by atoms with Crippen LogP contribution in [0, 0.1) is 5.41 Å². The molecule has 1 aliphatic rings. The Morgan fingerprint density at radius 3 is 2.11 bits per heavy atom. The van der Waals surface area contributed by atoms with Gasteiger partial charge in [-0.25, -0.2) is 0 Å². The maximum atomic E-state index is 9.56. The van der Waals surface area contributed by atoms with Crippen LogP contribution in [-0.2, 0) is 4.43 Å². The molecule has 0 saturated heterocycles. The SMILES string of the molecule is CC[Si](CC)(CC)O[C@@H]1CC(C)=C(CO)C(C)(C)C1. The van der Waals surface area contributed by atoms with Gasteiger partial charge in [-0.1, -0.05) is 40.2 Å². The van der Waals surface area contributed by atoms with Crippen molar-refractivity contribution in [3.05, 3.63) is 11.1 Å². The van der Waals surface area contributed by atoms with E-state index in [1.807, 2.05) is 0 Å². The highest BCUT2D eigenvalue weighted by Crippen LogP contribution is 2.42. The fourth-order valence-corrected chi connectivity index (χ4v) is 6.47. The van der Waals surface area contributed by atoms with Gasteiger partial charge in [-0.05, 0) is 48.9 Å². The van der Waals surface area contributed by atoms with E-state index >= 15 is 0 Å². The molecule has 0 bridgehead atoms. The van der Waals surface area contributed by atoms with Crippen LogP contribution in [0.3, 0.4) is 0 Å². The Bertz CT molecular complexity index is 321. The quantitative estimate of drug-likeness (QED) is 0.574. The highest BCUT2D eigenvalue weighted by atomic mass is 28.4. The van der Waals surface area contributed by atoms with Gasteiger partial charge in [-0.2, -0.15) is 0 Å². The van der Waals surface area contributed by atoms with Gasteiger partial charge < -0.3 is 9.53 Å². The van der Waals surface area contributed by atoms with Crippen molar-refractivity contribution in [1.82, 2.24) is 0 Å². The van der Waals surface area contributed by atoms with Crippen LogP contribution in [0.2, 0.25) is 18.1 Å². The summed E-state index contributed by atoms with van der Waals surface area (Å²) >= 11 is 0. The predicted molar refractivity (Wildman–Crippen MR) is 84.9 cm³/mol. The molecule has 2 nitrogen and oxygen atoms in total. The molecule has 0 saturated carbocycles. The van der Waals surface area contributed by atoms with Crippen LogP contribution in [0.15, 0.2) is 11.1 Å². The van der Waals surface area contributed by atoms with Gasteiger partial charge in [0.1, 0.15) is 0 Å². The number of hydrogen-bond donors (Lipinski definition) is 1. The molecule has 0 spiro atoms. The maximum Gasteiger partial charge on any atom is 0.192 e. The highest BCUT2D eigenvalue weighted by molar-refractivity contribution is 6.73. The predicted octanol–water partition coefficient (Wildman–Crippen LogP) is 4.51. The van der Waals surface area contributed by atoms with E-state index in [-0.39, 0.29) is 12.0 Å². The van der Waals surface area contributed by atoms with Gasteiger partial charge in [0.2, 0.25) is 0 Å². The number of hydrogen-bond acceptors (Lipinski definition) is 2. The van der Waals surface area contributed by atoms with Gasteiger partial charge in [0.15, 0.2) is 8.32 Å². The second kappa shape index (κ2) is 6.55. The van der Waals surface area contributed by atoms with Gasteiger partial charge in [-0.15, -0.1) is 0 Å².